The van der Waals surface area contributed by atoms with Crippen molar-refractivity contribution in [3.63, 3.8) is 0 Å². The number of nitrogens with one attached hydrogen (secondary N) is 2. The molecular weight excluding hydrogens is 328 g/mol. The van der Waals surface area contributed by atoms with E-state index in [4.69, 9.17) is 4.74 Å². The second-order valence-electron chi connectivity index (χ2n) is 6.38. The van der Waals surface area contributed by atoms with E-state index in [1.165, 1.54) is 0 Å². The molecule has 1 unspecified atom stereocenters. The van der Waals surface area contributed by atoms with Crippen LogP contribution in [-0.4, -0.2) is 18.9 Å². The molecule has 0 saturated carbocycles. The van der Waals surface area contributed by atoms with Crippen molar-refractivity contribution in [2.24, 2.45) is 5.92 Å². The summed E-state index contributed by atoms with van der Waals surface area (Å²) in [5, 5.41) is 5.70. The van der Waals surface area contributed by atoms with Crippen LogP contribution in [-0.2, 0) is 4.79 Å². The highest BCUT2D eigenvalue weighted by Gasteiger charge is 2.15. The molecule has 2 N–H and O–H groups in total. The molecule has 138 valence electrons. The lowest BCUT2D eigenvalue weighted by Gasteiger charge is -2.14. The van der Waals surface area contributed by atoms with Gasteiger partial charge in [0.25, 0.3) is 5.91 Å². The van der Waals surface area contributed by atoms with E-state index in [1.54, 1.807) is 55.6 Å². The van der Waals surface area contributed by atoms with Crippen molar-refractivity contribution in [3.05, 3.63) is 54.1 Å². The monoisotopic (exact) mass is 354 g/mol. The van der Waals surface area contributed by atoms with Gasteiger partial charge in [-0.2, -0.15) is 0 Å². The van der Waals surface area contributed by atoms with Gasteiger partial charge in [-0.15, -0.1) is 0 Å². The first-order valence-corrected chi connectivity index (χ1v) is 8.87. The van der Waals surface area contributed by atoms with Crippen molar-refractivity contribution in [3.8, 4) is 5.75 Å². The number of hydrogen-bond acceptors (Lipinski definition) is 3. The Hall–Kier alpha value is -2.82. The summed E-state index contributed by atoms with van der Waals surface area (Å²) < 4.78 is 5.17. The van der Waals surface area contributed by atoms with E-state index in [0.717, 1.165) is 12.8 Å². The van der Waals surface area contributed by atoms with Crippen LogP contribution in [0.25, 0.3) is 0 Å². The minimum Gasteiger partial charge on any atom is -0.497 e. The van der Waals surface area contributed by atoms with Crippen LogP contribution in [0.4, 0.5) is 11.4 Å². The molecule has 0 aliphatic carbocycles. The number of amides is 2. The number of rotatable bonds is 8. The highest BCUT2D eigenvalue weighted by molar-refractivity contribution is 6.10. The summed E-state index contributed by atoms with van der Waals surface area (Å²) in [6.07, 6.45) is 2.50. The third-order valence-electron chi connectivity index (χ3n) is 4.09. The van der Waals surface area contributed by atoms with Crippen molar-refractivity contribution in [2.75, 3.05) is 17.7 Å². The summed E-state index contributed by atoms with van der Waals surface area (Å²) in [5.74, 6) is 0.621. The summed E-state index contributed by atoms with van der Waals surface area (Å²) in [6.45, 7) is 4.16. The molecule has 2 amide bonds. The Balaban J connectivity index is 2.09. The molecule has 5 heteroatoms. The Bertz CT molecular complexity index is 758. The molecule has 0 fully saturated rings. The van der Waals surface area contributed by atoms with Crippen LogP contribution in [0.15, 0.2) is 48.5 Å². The summed E-state index contributed by atoms with van der Waals surface area (Å²) in [4.78, 5) is 24.9. The van der Waals surface area contributed by atoms with Gasteiger partial charge < -0.3 is 15.4 Å². The Labute approximate surface area is 154 Å². The second-order valence-corrected chi connectivity index (χ2v) is 6.38. The summed E-state index contributed by atoms with van der Waals surface area (Å²) >= 11 is 0. The van der Waals surface area contributed by atoms with E-state index < -0.39 is 0 Å². The Morgan fingerprint density at radius 3 is 2.58 bits per heavy atom. The maximum atomic E-state index is 12.6. The summed E-state index contributed by atoms with van der Waals surface area (Å²) in [6, 6.07) is 14.1. The van der Waals surface area contributed by atoms with Gasteiger partial charge in [0.2, 0.25) is 5.91 Å². The summed E-state index contributed by atoms with van der Waals surface area (Å²) in [7, 11) is 1.57. The van der Waals surface area contributed by atoms with Gasteiger partial charge in [-0.25, -0.2) is 0 Å². The van der Waals surface area contributed by atoms with Crippen LogP contribution >= 0.6 is 0 Å². The van der Waals surface area contributed by atoms with Gasteiger partial charge in [0.05, 0.1) is 18.4 Å². The molecule has 0 radical (unpaired) electrons. The Kier molecular flexibility index (Phi) is 7.21. The van der Waals surface area contributed by atoms with E-state index in [2.05, 4.69) is 24.5 Å². The number of benzene rings is 2. The standard InChI is InChI=1S/C21H26N2O3/c1-4-8-15(2)13-20(24)23-19-12-6-5-11-18(19)21(25)22-16-9-7-10-17(14-16)26-3/h5-7,9-12,14-15H,4,8,13H2,1-3H3,(H,22,25)(H,23,24). The van der Waals surface area contributed by atoms with E-state index in [0.29, 0.717) is 35.0 Å². The van der Waals surface area contributed by atoms with Crippen LogP contribution in [0.5, 0.6) is 5.75 Å². The van der Waals surface area contributed by atoms with Crippen molar-refractivity contribution >= 4 is 23.2 Å². The van der Waals surface area contributed by atoms with Gasteiger partial charge >= 0.3 is 0 Å². The van der Waals surface area contributed by atoms with Crippen molar-refractivity contribution in [1.82, 2.24) is 0 Å². The van der Waals surface area contributed by atoms with Gasteiger partial charge in [0, 0.05) is 18.2 Å². The lowest BCUT2D eigenvalue weighted by Crippen LogP contribution is -2.19. The SMILES string of the molecule is CCCC(C)CC(=O)Nc1ccccc1C(=O)Nc1cccc(OC)c1. The number of para-hydroxylation sites is 1. The minimum atomic E-state index is -0.282. The minimum absolute atomic E-state index is 0.0763. The molecule has 0 aliphatic heterocycles. The third kappa shape index (κ3) is 5.62. The largest absolute Gasteiger partial charge is 0.497 e. The van der Waals surface area contributed by atoms with Crippen molar-refractivity contribution in [1.29, 1.82) is 0 Å². The fourth-order valence-electron chi connectivity index (χ4n) is 2.80. The molecule has 0 bridgehead atoms. The molecule has 5 nitrogen and oxygen atoms in total. The Morgan fingerprint density at radius 1 is 1.08 bits per heavy atom. The molecule has 26 heavy (non-hydrogen) atoms. The number of hydrogen-bond donors (Lipinski definition) is 2. The first kappa shape index (κ1) is 19.5. The van der Waals surface area contributed by atoms with Crippen LogP contribution in [0, 0.1) is 5.92 Å². The van der Waals surface area contributed by atoms with Gasteiger partial charge in [-0.05, 0) is 30.2 Å². The van der Waals surface area contributed by atoms with Crippen LogP contribution in [0.1, 0.15) is 43.5 Å². The fourth-order valence-corrected chi connectivity index (χ4v) is 2.80. The van der Waals surface area contributed by atoms with E-state index >= 15 is 0 Å². The van der Waals surface area contributed by atoms with Crippen molar-refractivity contribution in [2.45, 2.75) is 33.1 Å². The van der Waals surface area contributed by atoms with Gasteiger partial charge in [0.1, 0.15) is 5.75 Å². The number of carbonyl (C=O) groups excluding carboxylic acids is 2. The zero-order chi connectivity index (χ0) is 18.9. The fraction of sp³-hybridized carbons (Fsp3) is 0.333. The normalized spacial score (nSPS) is 11.5. The quantitative estimate of drug-likeness (QED) is 0.721. The molecule has 0 aliphatic rings. The molecule has 2 aromatic rings. The number of anilines is 2. The maximum absolute atomic E-state index is 12.6. The molecular formula is C21H26N2O3. The first-order chi connectivity index (χ1) is 12.5. The highest BCUT2D eigenvalue weighted by Crippen LogP contribution is 2.21. The molecule has 1 atom stereocenters. The lowest BCUT2D eigenvalue weighted by atomic mass is 10.0. The van der Waals surface area contributed by atoms with Crippen LogP contribution in [0.2, 0.25) is 0 Å². The second kappa shape index (κ2) is 9.61. The molecule has 0 spiro atoms. The molecule has 2 aromatic carbocycles. The zero-order valence-electron chi connectivity index (χ0n) is 15.5. The predicted molar refractivity (Wildman–Crippen MR) is 105 cm³/mol. The number of methoxy groups -OCH3 is 1. The molecule has 0 saturated heterocycles. The topological polar surface area (TPSA) is 67.4 Å². The van der Waals surface area contributed by atoms with Gasteiger partial charge in [0.15, 0.2) is 0 Å². The summed E-state index contributed by atoms with van der Waals surface area (Å²) in [5.41, 5.74) is 1.57. The van der Waals surface area contributed by atoms with E-state index in [1.807, 2.05) is 0 Å². The smallest absolute Gasteiger partial charge is 0.257 e. The van der Waals surface area contributed by atoms with Gasteiger partial charge in [-0.3, -0.25) is 9.59 Å². The van der Waals surface area contributed by atoms with Crippen molar-refractivity contribution < 1.29 is 14.3 Å². The average Bonchev–Trinajstić information content (AvgIpc) is 2.62. The predicted octanol–water partition coefficient (Wildman–Crippen LogP) is 4.71. The maximum Gasteiger partial charge on any atom is 0.257 e. The highest BCUT2D eigenvalue weighted by atomic mass is 16.5. The molecule has 0 heterocycles. The van der Waals surface area contributed by atoms with Gasteiger partial charge in [-0.1, -0.05) is 44.9 Å². The first-order valence-electron chi connectivity index (χ1n) is 8.87. The Morgan fingerprint density at radius 2 is 1.85 bits per heavy atom. The number of carbonyl (C=O) groups is 2. The molecule has 0 aromatic heterocycles. The average molecular weight is 354 g/mol. The van der Waals surface area contributed by atoms with E-state index in [-0.39, 0.29) is 11.8 Å². The zero-order valence-corrected chi connectivity index (χ0v) is 15.5. The third-order valence-corrected chi connectivity index (χ3v) is 4.09. The van der Waals surface area contributed by atoms with Crippen LogP contribution < -0.4 is 15.4 Å². The lowest BCUT2D eigenvalue weighted by molar-refractivity contribution is -0.117. The van der Waals surface area contributed by atoms with Crippen LogP contribution in [0.3, 0.4) is 0 Å². The van der Waals surface area contributed by atoms with E-state index in [9.17, 15) is 9.59 Å². The molecule has 2 rings (SSSR count). The number of ether oxygens (including phenoxy) is 1.